The van der Waals surface area contributed by atoms with Gasteiger partial charge in [0, 0.05) is 30.7 Å². The smallest absolute Gasteiger partial charge is 0.246 e. The predicted molar refractivity (Wildman–Crippen MR) is 124 cm³/mol. The Morgan fingerprint density at radius 1 is 1.19 bits per heavy atom. The molecule has 2 aliphatic heterocycles. The summed E-state index contributed by atoms with van der Waals surface area (Å²) in [6.45, 7) is 7.38. The Bertz CT molecular complexity index is 765. The zero-order chi connectivity index (χ0) is 21.8. The van der Waals surface area contributed by atoms with Crippen LogP contribution in [0.2, 0.25) is 0 Å². The minimum absolute atomic E-state index is 0.0914. The number of aryl methyl sites for hydroxylation is 1. The quantitative estimate of drug-likeness (QED) is 0.690. The second-order valence-electron chi connectivity index (χ2n) is 9.80. The molecule has 1 saturated carbocycles. The molecular formula is C24H38N4O2S. The SMILES string of the molecule is CCCCN1C(=O)C(CC2CCCCC2)NC(=O)C12CCN(Cc1nc(C)cs1)CC2. The molecule has 0 radical (unpaired) electrons. The number of thiazole rings is 1. The molecule has 31 heavy (non-hydrogen) atoms. The number of piperidine rings is 1. The lowest BCUT2D eigenvalue weighted by Gasteiger charge is -2.52. The van der Waals surface area contributed by atoms with Crippen LogP contribution < -0.4 is 5.32 Å². The molecule has 0 aromatic carbocycles. The van der Waals surface area contributed by atoms with Crippen LogP contribution in [0.1, 0.15) is 81.8 Å². The second-order valence-corrected chi connectivity index (χ2v) is 10.7. The van der Waals surface area contributed by atoms with Gasteiger partial charge in [-0.1, -0.05) is 45.4 Å². The van der Waals surface area contributed by atoms with E-state index in [-0.39, 0.29) is 17.9 Å². The molecule has 172 valence electrons. The van der Waals surface area contributed by atoms with Crippen LogP contribution in [0, 0.1) is 12.8 Å². The van der Waals surface area contributed by atoms with Gasteiger partial charge in [0.2, 0.25) is 11.8 Å². The van der Waals surface area contributed by atoms with E-state index < -0.39 is 5.54 Å². The maximum Gasteiger partial charge on any atom is 0.246 e. The largest absolute Gasteiger partial charge is 0.342 e. The number of aromatic nitrogens is 1. The molecule has 2 saturated heterocycles. The van der Waals surface area contributed by atoms with E-state index in [9.17, 15) is 9.59 Å². The molecule has 0 bridgehead atoms. The lowest BCUT2D eigenvalue weighted by atomic mass is 9.79. The molecule has 1 aliphatic carbocycles. The minimum atomic E-state index is -0.662. The summed E-state index contributed by atoms with van der Waals surface area (Å²) in [5, 5.41) is 6.41. The molecule has 1 atom stereocenters. The van der Waals surface area contributed by atoms with E-state index in [0.29, 0.717) is 12.5 Å². The van der Waals surface area contributed by atoms with Gasteiger partial charge in [-0.25, -0.2) is 4.98 Å². The van der Waals surface area contributed by atoms with E-state index in [1.165, 1.54) is 32.1 Å². The number of piperazine rings is 1. The van der Waals surface area contributed by atoms with E-state index in [2.05, 4.69) is 27.5 Å². The Hall–Kier alpha value is -1.47. The number of unbranched alkanes of at least 4 members (excludes halogenated alkanes) is 1. The van der Waals surface area contributed by atoms with Gasteiger partial charge in [0.15, 0.2) is 0 Å². The average molecular weight is 447 g/mol. The number of nitrogens with one attached hydrogen (secondary N) is 1. The first-order valence-corrected chi connectivity index (χ1v) is 13.2. The third-order valence-corrected chi connectivity index (χ3v) is 8.50. The first kappa shape index (κ1) is 22.7. The van der Waals surface area contributed by atoms with Gasteiger partial charge in [-0.3, -0.25) is 14.5 Å². The molecule has 1 aromatic heterocycles. The molecule has 6 nitrogen and oxygen atoms in total. The van der Waals surface area contributed by atoms with Gasteiger partial charge in [-0.05, 0) is 38.5 Å². The average Bonchev–Trinajstić information content (AvgIpc) is 3.19. The molecule has 4 rings (SSSR count). The second kappa shape index (κ2) is 9.99. The molecule has 7 heteroatoms. The Morgan fingerprint density at radius 2 is 1.94 bits per heavy atom. The van der Waals surface area contributed by atoms with E-state index in [4.69, 9.17) is 0 Å². The fourth-order valence-electron chi connectivity index (χ4n) is 5.68. The zero-order valence-corrected chi connectivity index (χ0v) is 20.0. The van der Waals surface area contributed by atoms with Crippen molar-refractivity contribution >= 4 is 23.2 Å². The van der Waals surface area contributed by atoms with Crippen LogP contribution in [-0.4, -0.2) is 57.8 Å². The van der Waals surface area contributed by atoms with Crippen LogP contribution >= 0.6 is 11.3 Å². The van der Waals surface area contributed by atoms with E-state index in [0.717, 1.165) is 62.4 Å². The molecule has 1 unspecified atom stereocenters. The highest BCUT2D eigenvalue weighted by Crippen LogP contribution is 2.36. The summed E-state index contributed by atoms with van der Waals surface area (Å²) >= 11 is 1.70. The van der Waals surface area contributed by atoms with Crippen LogP contribution in [0.5, 0.6) is 0 Å². The zero-order valence-electron chi connectivity index (χ0n) is 19.2. The summed E-state index contributed by atoms with van der Waals surface area (Å²) in [5.74, 6) is 0.838. The van der Waals surface area contributed by atoms with Crippen molar-refractivity contribution in [2.45, 2.75) is 96.2 Å². The van der Waals surface area contributed by atoms with E-state index in [1.54, 1.807) is 11.3 Å². The van der Waals surface area contributed by atoms with E-state index >= 15 is 0 Å². The van der Waals surface area contributed by atoms with Gasteiger partial charge in [0.05, 0.1) is 6.54 Å². The van der Waals surface area contributed by atoms with Gasteiger partial charge in [-0.15, -0.1) is 11.3 Å². The van der Waals surface area contributed by atoms with Gasteiger partial charge >= 0.3 is 0 Å². The monoisotopic (exact) mass is 446 g/mol. The summed E-state index contributed by atoms with van der Waals surface area (Å²) in [5.41, 5.74) is 0.408. The van der Waals surface area contributed by atoms with Crippen molar-refractivity contribution in [3.8, 4) is 0 Å². The Kier molecular flexibility index (Phi) is 7.32. The van der Waals surface area contributed by atoms with Crippen LogP contribution in [-0.2, 0) is 16.1 Å². The highest BCUT2D eigenvalue weighted by atomic mass is 32.1. The van der Waals surface area contributed by atoms with Crippen LogP contribution in [0.4, 0.5) is 0 Å². The molecule has 3 aliphatic rings. The summed E-state index contributed by atoms with van der Waals surface area (Å²) in [6, 6.07) is -0.325. The molecule has 1 spiro atoms. The van der Waals surface area contributed by atoms with Gasteiger partial charge in [0.25, 0.3) is 0 Å². The maximum atomic E-state index is 13.6. The number of rotatable bonds is 7. The van der Waals surface area contributed by atoms with Crippen molar-refractivity contribution in [2.24, 2.45) is 5.92 Å². The summed E-state index contributed by atoms with van der Waals surface area (Å²) in [7, 11) is 0. The first-order chi connectivity index (χ1) is 15.0. The maximum absolute atomic E-state index is 13.6. The summed E-state index contributed by atoms with van der Waals surface area (Å²) in [4.78, 5) is 36.0. The van der Waals surface area contributed by atoms with Crippen molar-refractivity contribution in [1.29, 1.82) is 0 Å². The number of hydrogen-bond acceptors (Lipinski definition) is 5. The normalized spacial score (nSPS) is 25.2. The van der Waals surface area contributed by atoms with Crippen LogP contribution in [0.15, 0.2) is 5.38 Å². The number of nitrogens with zero attached hydrogens (tertiary/aromatic N) is 3. The van der Waals surface area contributed by atoms with Gasteiger partial charge in [0.1, 0.15) is 16.6 Å². The topological polar surface area (TPSA) is 65.5 Å². The minimum Gasteiger partial charge on any atom is -0.342 e. The van der Waals surface area contributed by atoms with Gasteiger partial charge < -0.3 is 10.2 Å². The Morgan fingerprint density at radius 3 is 2.58 bits per heavy atom. The summed E-state index contributed by atoms with van der Waals surface area (Å²) in [6.07, 6.45) is 10.5. The van der Waals surface area contributed by atoms with Crippen molar-refractivity contribution in [1.82, 2.24) is 20.1 Å². The number of amides is 2. The molecule has 3 fully saturated rings. The highest BCUT2D eigenvalue weighted by Gasteiger charge is 2.53. The first-order valence-electron chi connectivity index (χ1n) is 12.3. The third-order valence-electron chi connectivity index (χ3n) is 7.55. The standard InChI is InChI=1S/C24H38N4O2S/c1-3-4-12-28-22(29)20(15-19-8-6-5-7-9-19)26-23(30)24(28)10-13-27(14-11-24)16-21-25-18(2)17-31-21/h17,19-20H,3-16H2,1-2H3,(H,26,30). The molecule has 1 aromatic rings. The fourth-order valence-corrected chi connectivity index (χ4v) is 6.49. The van der Waals surface area contributed by atoms with Crippen molar-refractivity contribution in [3.63, 3.8) is 0 Å². The summed E-state index contributed by atoms with van der Waals surface area (Å²) < 4.78 is 0. The lowest BCUT2D eigenvalue weighted by molar-refractivity contribution is -0.162. The predicted octanol–water partition coefficient (Wildman–Crippen LogP) is 3.88. The Labute approximate surface area is 190 Å². The number of likely N-dealkylation sites (tertiary alicyclic amines) is 1. The number of hydrogen-bond donors (Lipinski definition) is 1. The third kappa shape index (κ3) is 4.98. The van der Waals surface area contributed by atoms with Crippen LogP contribution in [0.3, 0.4) is 0 Å². The molecule has 1 N–H and O–H groups in total. The highest BCUT2D eigenvalue weighted by molar-refractivity contribution is 7.09. The fraction of sp³-hybridized carbons (Fsp3) is 0.792. The van der Waals surface area contributed by atoms with Gasteiger partial charge in [-0.2, -0.15) is 0 Å². The molecule has 2 amide bonds. The number of carbonyl (C=O) groups is 2. The molecular weight excluding hydrogens is 408 g/mol. The van der Waals surface area contributed by atoms with Crippen molar-refractivity contribution in [3.05, 3.63) is 16.1 Å². The molecule has 3 heterocycles. The van der Waals surface area contributed by atoms with Crippen LogP contribution in [0.25, 0.3) is 0 Å². The Balaban J connectivity index is 1.44. The lowest BCUT2D eigenvalue weighted by Crippen LogP contribution is -2.73. The van der Waals surface area contributed by atoms with E-state index in [1.807, 2.05) is 11.8 Å². The van der Waals surface area contributed by atoms with Crippen molar-refractivity contribution in [2.75, 3.05) is 19.6 Å². The van der Waals surface area contributed by atoms with Crippen molar-refractivity contribution < 1.29 is 9.59 Å². The number of carbonyl (C=O) groups excluding carboxylic acids is 2.